The summed E-state index contributed by atoms with van der Waals surface area (Å²) in [7, 11) is 0. The van der Waals surface area contributed by atoms with E-state index in [1.165, 1.54) is 23.5 Å². The van der Waals surface area contributed by atoms with Gasteiger partial charge in [-0.1, -0.05) is 24.7 Å². The number of aryl methyl sites for hydroxylation is 2. The lowest BCUT2D eigenvalue weighted by Crippen LogP contribution is -2.02. The monoisotopic (exact) mass is 318 g/mol. The minimum atomic E-state index is -0.915. The first kappa shape index (κ1) is 14.7. The van der Waals surface area contributed by atoms with Crippen LogP contribution >= 0.6 is 11.3 Å². The van der Waals surface area contributed by atoms with E-state index >= 15 is 0 Å². The molecule has 0 atom stereocenters. The van der Waals surface area contributed by atoms with Gasteiger partial charge in [-0.05, 0) is 37.6 Å². The van der Waals surface area contributed by atoms with Crippen LogP contribution in [0.4, 0.5) is 4.39 Å². The van der Waals surface area contributed by atoms with E-state index in [9.17, 15) is 14.3 Å². The highest BCUT2D eigenvalue weighted by atomic mass is 32.1. The Balaban J connectivity index is 2.21. The van der Waals surface area contributed by atoms with Crippen LogP contribution in [0.25, 0.3) is 16.2 Å². The van der Waals surface area contributed by atoms with Gasteiger partial charge in [0, 0.05) is 17.0 Å². The number of aromatic carboxylic acids is 1. The standard InChI is InChI=1S/C16H15FN2O2S/c1-3-4-12-14(15(20)21)22-16-18-13(9(2)19(12)16)10-5-7-11(17)8-6-10/h5-8H,3-4H2,1-2H3,(H,20,21). The average molecular weight is 318 g/mol. The van der Waals surface area contributed by atoms with Crippen LogP contribution in [0.2, 0.25) is 0 Å². The van der Waals surface area contributed by atoms with Crippen molar-refractivity contribution < 1.29 is 14.3 Å². The van der Waals surface area contributed by atoms with Crippen LogP contribution in [0, 0.1) is 12.7 Å². The van der Waals surface area contributed by atoms with Gasteiger partial charge in [0.15, 0.2) is 4.96 Å². The highest BCUT2D eigenvalue weighted by molar-refractivity contribution is 7.19. The van der Waals surface area contributed by atoms with E-state index in [2.05, 4.69) is 4.98 Å². The lowest BCUT2D eigenvalue weighted by atomic mass is 10.1. The maximum absolute atomic E-state index is 13.1. The fourth-order valence-corrected chi connectivity index (χ4v) is 3.68. The molecule has 2 heterocycles. The zero-order valence-corrected chi connectivity index (χ0v) is 13.1. The number of hydrogen-bond donors (Lipinski definition) is 1. The van der Waals surface area contributed by atoms with E-state index in [-0.39, 0.29) is 5.82 Å². The molecule has 0 aliphatic heterocycles. The smallest absolute Gasteiger partial charge is 0.347 e. The Morgan fingerprint density at radius 3 is 2.64 bits per heavy atom. The molecule has 3 rings (SSSR count). The summed E-state index contributed by atoms with van der Waals surface area (Å²) in [6.07, 6.45) is 1.54. The number of aromatic nitrogens is 2. The van der Waals surface area contributed by atoms with Gasteiger partial charge in [-0.3, -0.25) is 4.40 Å². The fourth-order valence-electron chi connectivity index (χ4n) is 2.62. The van der Waals surface area contributed by atoms with Crippen molar-refractivity contribution in [1.29, 1.82) is 0 Å². The molecule has 0 aliphatic carbocycles. The topological polar surface area (TPSA) is 54.6 Å². The van der Waals surface area contributed by atoms with Crippen LogP contribution in [0.5, 0.6) is 0 Å². The third kappa shape index (κ3) is 2.29. The Labute approximate surface area is 130 Å². The summed E-state index contributed by atoms with van der Waals surface area (Å²) in [6.45, 7) is 3.93. The molecule has 0 bridgehead atoms. The molecular weight excluding hydrogens is 303 g/mol. The summed E-state index contributed by atoms with van der Waals surface area (Å²) < 4.78 is 15.0. The van der Waals surface area contributed by atoms with Gasteiger partial charge in [-0.15, -0.1) is 0 Å². The van der Waals surface area contributed by atoms with Gasteiger partial charge in [0.1, 0.15) is 10.7 Å². The molecule has 1 aromatic carbocycles. The van der Waals surface area contributed by atoms with Crippen LogP contribution in [0.15, 0.2) is 24.3 Å². The quantitative estimate of drug-likeness (QED) is 0.786. The van der Waals surface area contributed by atoms with Gasteiger partial charge in [-0.2, -0.15) is 0 Å². The average Bonchev–Trinajstić information content (AvgIpc) is 2.99. The zero-order valence-electron chi connectivity index (χ0n) is 12.3. The number of benzene rings is 1. The van der Waals surface area contributed by atoms with Gasteiger partial charge >= 0.3 is 5.97 Å². The molecule has 3 aromatic rings. The first-order valence-electron chi connectivity index (χ1n) is 7.03. The lowest BCUT2D eigenvalue weighted by molar-refractivity contribution is 0.0700. The molecular formula is C16H15FN2O2S. The van der Waals surface area contributed by atoms with E-state index < -0.39 is 5.97 Å². The molecule has 0 unspecified atom stereocenters. The third-order valence-electron chi connectivity index (χ3n) is 3.60. The molecule has 22 heavy (non-hydrogen) atoms. The summed E-state index contributed by atoms with van der Waals surface area (Å²) in [5.74, 6) is -1.20. The Morgan fingerprint density at radius 1 is 1.36 bits per heavy atom. The molecule has 0 aliphatic rings. The van der Waals surface area contributed by atoms with Crippen molar-refractivity contribution in [2.24, 2.45) is 0 Å². The summed E-state index contributed by atoms with van der Waals surface area (Å²) in [5.41, 5.74) is 3.26. The first-order chi connectivity index (χ1) is 10.5. The zero-order chi connectivity index (χ0) is 15.9. The first-order valence-corrected chi connectivity index (χ1v) is 7.84. The number of rotatable bonds is 4. The van der Waals surface area contributed by atoms with Crippen LogP contribution in [0.1, 0.15) is 34.4 Å². The number of nitrogens with zero attached hydrogens (tertiary/aromatic N) is 2. The normalized spacial score (nSPS) is 11.2. The minimum Gasteiger partial charge on any atom is -0.477 e. The number of halogens is 1. The van der Waals surface area contributed by atoms with E-state index in [0.29, 0.717) is 16.3 Å². The minimum absolute atomic E-state index is 0.290. The second-order valence-corrected chi connectivity index (χ2v) is 6.08. The van der Waals surface area contributed by atoms with E-state index in [4.69, 9.17) is 0 Å². The van der Waals surface area contributed by atoms with Crippen molar-refractivity contribution in [3.63, 3.8) is 0 Å². The molecule has 0 saturated carbocycles. The fraction of sp³-hybridized carbons (Fsp3) is 0.250. The highest BCUT2D eigenvalue weighted by Crippen LogP contribution is 2.31. The van der Waals surface area contributed by atoms with Gasteiger partial charge in [0.2, 0.25) is 0 Å². The van der Waals surface area contributed by atoms with Crippen molar-refractivity contribution in [3.8, 4) is 11.3 Å². The van der Waals surface area contributed by atoms with Gasteiger partial charge in [-0.25, -0.2) is 14.2 Å². The van der Waals surface area contributed by atoms with Crippen LogP contribution in [0.3, 0.4) is 0 Å². The Bertz CT molecular complexity index is 849. The van der Waals surface area contributed by atoms with Crippen LogP contribution < -0.4 is 0 Å². The number of carboxylic acid groups (broad SMARTS) is 1. The maximum Gasteiger partial charge on any atom is 0.347 e. The maximum atomic E-state index is 13.1. The molecule has 6 heteroatoms. The SMILES string of the molecule is CCCc1c(C(=O)O)sc2nc(-c3ccc(F)cc3)c(C)n12. The largest absolute Gasteiger partial charge is 0.477 e. The Morgan fingerprint density at radius 2 is 2.05 bits per heavy atom. The summed E-state index contributed by atoms with van der Waals surface area (Å²) in [5, 5.41) is 9.35. The number of fused-ring (bicyclic) bond motifs is 1. The lowest BCUT2D eigenvalue weighted by Gasteiger charge is -2.03. The number of carbonyl (C=O) groups is 1. The molecule has 4 nitrogen and oxygen atoms in total. The Hall–Kier alpha value is -2.21. The van der Waals surface area contributed by atoms with E-state index in [1.807, 2.05) is 18.2 Å². The molecule has 0 saturated heterocycles. The van der Waals surface area contributed by atoms with Gasteiger partial charge in [0.25, 0.3) is 0 Å². The predicted octanol–water partition coefficient (Wildman–Crippen LogP) is 4.16. The van der Waals surface area contributed by atoms with Gasteiger partial charge in [0.05, 0.1) is 5.69 Å². The van der Waals surface area contributed by atoms with Gasteiger partial charge < -0.3 is 5.11 Å². The number of carboxylic acids is 1. The van der Waals surface area contributed by atoms with Crippen molar-refractivity contribution in [1.82, 2.24) is 9.38 Å². The van der Waals surface area contributed by atoms with Crippen molar-refractivity contribution in [3.05, 3.63) is 46.3 Å². The van der Waals surface area contributed by atoms with E-state index in [1.54, 1.807) is 12.1 Å². The Kier molecular flexibility index (Phi) is 3.70. The number of hydrogen-bond acceptors (Lipinski definition) is 3. The highest BCUT2D eigenvalue weighted by Gasteiger charge is 2.22. The van der Waals surface area contributed by atoms with Crippen molar-refractivity contribution in [2.75, 3.05) is 0 Å². The molecule has 0 fully saturated rings. The van der Waals surface area contributed by atoms with E-state index in [0.717, 1.165) is 29.1 Å². The third-order valence-corrected chi connectivity index (χ3v) is 4.67. The number of imidazole rings is 1. The molecule has 0 amide bonds. The second-order valence-electron chi connectivity index (χ2n) is 5.10. The summed E-state index contributed by atoms with van der Waals surface area (Å²) in [6, 6.07) is 6.18. The molecule has 0 spiro atoms. The van der Waals surface area contributed by atoms with Crippen molar-refractivity contribution in [2.45, 2.75) is 26.7 Å². The predicted molar refractivity (Wildman–Crippen MR) is 84.2 cm³/mol. The molecule has 1 N–H and O–H groups in total. The van der Waals surface area contributed by atoms with Crippen molar-refractivity contribution >= 4 is 22.3 Å². The van der Waals surface area contributed by atoms with Crippen LogP contribution in [-0.2, 0) is 6.42 Å². The molecule has 2 aromatic heterocycles. The molecule has 114 valence electrons. The second kappa shape index (κ2) is 5.53. The van der Waals surface area contributed by atoms with Crippen LogP contribution in [-0.4, -0.2) is 20.5 Å². The summed E-state index contributed by atoms with van der Waals surface area (Å²) in [4.78, 5) is 17.0. The summed E-state index contributed by atoms with van der Waals surface area (Å²) >= 11 is 1.18. The molecule has 0 radical (unpaired) electrons. The number of thiazole rings is 1.